The number of ether oxygens (including phenoxy) is 1. The van der Waals surface area contributed by atoms with Gasteiger partial charge in [0, 0.05) is 19.6 Å². The van der Waals surface area contributed by atoms with E-state index in [1.165, 1.54) is 0 Å². The Bertz CT molecular complexity index is 375. The highest BCUT2D eigenvalue weighted by Crippen LogP contribution is 2.31. The fourth-order valence-corrected chi connectivity index (χ4v) is 2.26. The van der Waals surface area contributed by atoms with Gasteiger partial charge >= 0.3 is 0 Å². The molecule has 17 heavy (non-hydrogen) atoms. The van der Waals surface area contributed by atoms with Crippen LogP contribution in [0.15, 0.2) is 10.7 Å². The molecular weight excluding hydrogens is 284 g/mol. The number of rotatable bonds is 5. The Hall–Kier alpha value is -0.390. The molecule has 0 spiro atoms. The van der Waals surface area contributed by atoms with E-state index in [-0.39, 0.29) is 11.6 Å². The molecule has 1 unspecified atom stereocenters. The molecule has 0 bridgehead atoms. The first-order valence-corrected chi connectivity index (χ1v) is 6.54. The Morgan fingerprint density at radius 1 is 1.53 bits per heavy atom. The van der Waals surface area contributed by atoms with E-state index in [2.05, 4.69) is 21.0 Å². The Balaban J connectivity index is 2.96. The van der Waals surface area contributed by atoms with Crippen LogP contribution in [0.5, 0.6) is 0 Å². The lowest BCUT2D eigenvalue weighted by atomic mass is 9.98. The fraction of sp³-hybridized carbons (Fsp3) is 0.750. The number of halogens is 1. The Kier molecular flexibility index (Phi) is 4.75. The monoisotopic (exact) mass is 304 g/mol. The van der Waals surface area contributed by atoms with E-state index < -0.39 is 6.10 Å². The van der Waals surface area contributed by atoms with Gasteiger partial charge in [-0.1, -0.05) is 0 Å². The van der Waals surface area contributed by atoms with E-state index in [9.17, 15) is 5.11 Å². The van der Waals surface area contributed by atoms with E-state index in [0.29, 0.717) is 6.42 Å². The molecule has 0 saturated carbocycles. The number of hydrogen-bond acceptors (Lipinski definition) is 3. The van der Waals surface area contributed by atoms with Crippen molar-refractivity contribution in [2.45, 2.75) is 51.9 Å². The lowest BCUT2D eigenvalue weighted by Crippen LogP contribution is -2.26. The number of aromatic nitrogens is 2. The number of aliphatic hydroxyl groups is 1. The van der Waals surface area contributed by atoms with Crippen LogP contribution in [0, 0.1) is 0 Å². The molecule has 1 rings (SSSR count). The average molecular weight is 305 g/mol. The van der Waals surface area contributed by atoms with E-state index in [4.69, 9.17) is 4.74 Å². The first-order chi connectivity index (χ1) is 7.78. The zero-order valence-corrected chi connectivity index (χ0v) is 12.7. The van der Waals surface area contributed by atoms with Gasteiger partial charge in [-0.3, -0.25) is 4.68 Å². The summed E-state index contributed by atoms with van der Waals surface area (Å²) in [5.74, 6) is 0. The van der Waals surface area contributed by atoms with E-state index >= 15 is 0 Å². The molecule has 1 aromatic heterocycles. The molecule has 98 valence electrons. The van der Waals surface area contributed by atoms with Crippen LogP contribution in [0.25, 0.3) is 0 Å². The van der Waals surface area contributed by atoms with Crippen LogP contribution < -0.4 is 0 Å². The molecule has 0 aliphatic rings. The topological polar surface area (TPSA) is 47.3 Å². The summed E-state index contributed by atoms with van der Waals surface area (Å²) in [6, 6.07) is 0.219. The number of methoxy groups -OCH3 is 1. The van der Waals surface area contributed by atoms with Crippen LogP contribution in [0.3, 0.4) is 0 Å². The predicted octanol–water partition coefficient (Wildman–Crippen LogP) is 3.08. The summed E-state index contributed by atoms with van der Waals surface area (Å²) < 4.78 is 8.01. The second-order valence-corrected chi connectivity index (χ2v) is 5.95. The van der Waals surface area contributed by atoms with Gasteiger partial charge in [-0.2, -0.15) is 5.10 Å². The first-order valence-electron chi connectivity index (χ1n) is 5.74. The van der Waals surface area contributed by atoms with Gasteiger partial charge in [0.05, 0.1) is 28.1 Å². The van der Waals surface area contributed by atoms with Gasteiger partial charge in [0.15, 0.2) is 0 Å². The van der Waals surface area contributed by atoms with Crippen molar-refractivity contribution in [3.05, 3.63) is 16.4 Å². The second-order valence-electron chi connectivity index (χ2n) is 5.10. The molecule has 0 aliphatic carbocycles. The maximum absolute atomic E-state index is 10.3. The van der Waals surface area contributed by atoms with Crippen LogP contribution in [-0.2, 0) is 4.74 Å². The summed E-state index contributed by atoms with van der Waals surface area (Å²) in [5.41, 5.74) is 0.454. The second kappa shape index (κ2) is 5.50. The third kappa shape index (κ3) is 3.53. The molecule has 1 aromatic rings. The fourth-order valence-electron chi connectivity index (χ4n) is 1.72. The maximum atomic E-state index is 10.3. The van der Waals surface area contributed by atoms with Crippen molar-refractivity contribution in [1.82, 2.24) is 9.78 Å². The van der Waals surface area contributed by atoms with Gasteiger partial charge in [-0.15, -0.1) is 0 Å². The highest BCUT2D eigenvalue weighted by atomic mass is 79.9. The molecule has 0 saturated heterocycles. The molecular formula is C12H21BrN2O2. The molecule has 5 heteroatoms. The van der Waals surface area contributed by atoms with Gasteiger partial charge in [0.2, 0.25) is 0 Å². The molecule has 4 nitrogen and oxygen atoms in total. The molecule has 0 amide bonds. The summed E-state index contributed by atoms with van der Waals surface area (Å²) in [6.45, 7) is 7.99. The highest BCUT2D eigenvalue weighted by molar-refractivity contribution is 9.10. The standard InChI is InChI=1S/C12H21BrN2O2/c1-8(2)15-11(9(13)7-14-15)10(16)6-12(3,4)17-5/h7-8,10,16H,6H2,1-5H3. The molecule has 1 N–H and O–H groups in total. The minimum atomic E-state index is -0.593. The Labute approximate surface area is 111 Å². The minimum absolute atomic E-state index is 0.219. The normalized spacial score (nSPS) is 14.4. The van der Waals surface area contributed by atoms with E-state index in [0.717, 1.165) is 10.2 Å². The van der Waals surface area contributed by atoms with Crippen molar-refractivity contribution in [3.8, 4) is 0 Å². The van der Waals surface area contributed by atoms with Crippen molar-refractivity contribution in [2.75, 3.05) is 7.11 Å². The first kappa shape index (κ1) is 14.7. The van der Waals surface area contributed by atoms with Gasteiger partial charge < -0.3 is 9.84 Å². The number of aliphatic hydroxyl groups excluding tert-OH is 1. The average Bonchev–Trinajstić information content (AvgIpc) is 2.59. The number of hydrogen-bond donors (Lipinski definition) is 1. The highest BCUT2D eigenvalue weighted by Gasteiger charge is 2.27. The van der Waals surface area contributed by atoms with Crippen molar-refractivity contribution < 1.29 is 9.84 Å². The summed E-state index contributed by atoms with van der Waals surface area (Å²) in [4.78, 5) is 0. The Morgan fingerprint density at radius 3 is 2.59 bits per heavy atom. The van der Waals surface area contributed by atoms with Crippen molar-refractivity contribution in [1.29, 1.82) is 0 Å². The van der Waals surface area contributed by atoms with Gasteiger partial charge in [-0.25, -0.2) is 0 Å². The molecule has 1 atom stereocenters. The summed E-state index contributed by atoms with van der Waals surface area (Å²) in [7, 11) is 1.65. The third-order valence-corrected chi connectivity index (χ3v) is 3.44. The predicted molar refractivity (Wildman–Crippen MR) is 71.0 cm³/mol. The van der Waals surface area contributed by atoms with E-state index in [1.54, 1.807) is 13.3 Å². The quantitative estimate of drug-likeness (QED) is 0.909. The van der Waals surface area contributed by atoms with Crippen molar-refractivity contribution in [3.63, 3.8) is 0 Å². The minimum Gasteiger partial charge on any atom is -0.387 e. The largest absolute Gasteiger partial charge is 0.387 e. The summed E-state index contributed by atoms with van der Waals surface area (Å²) in [5, 5.41) is 14.6. The third-order valence-electron chi connectivity index (χ3n) is 2.83. The maximum Gasteiger partial charge on any atom is 0.0995 e. The van der Waals surface area contributed by atoms with Gasteiger partial charge in [0.1, 0.15) is 0 Å². The zero-order chi connectivity index (χ0) is 13.2. The van der Waals surface area contributed by atoms with Crippen LogP contribution in [0.2, 0.25) is 0 Å². The smallest absolute Gasteiger partial charge is 0.0995 e. The lowest BCUT2D eigenvalue weighted by Gasteiger charge is -2.27. The van der Waals surface area contributed by atoms with Gasteiger partial charge in [0.25, 0.3) is 0 Å². The van der Waals surface area contributed by atoms with Crippen molar-refractivity contribution >= 4 is 15.9 Å². The number of nitrogens with zero attached hydrogens (tertiary/aromatic N) is 2. The van der Waals surface area contributed by atoms with Crippen molar-refractivity contribution in [2.24, 2.45) is 0 Å². The van der Waals surface area contributed by atoms with E-state index in [1.807, 2.05) is 32.4 Å². The molecule has 1 heterocycles. The lowest BCUT2D eigenvalue weighted by molar-refractivity contribution is -0.0223. The Morgan fingerprint density at radius 2 is 2.12 bits per heavy atom. The molecule has 0 radical (unpaired) electrons. The summed E-state index contributed by atoms with van der Waals surface area (Å²) >= 11 is 3.43. The summed E-state index contributed by atoms with van der Waals surface area (Å²) in [6.07, 6.45) is 1.66. The molecule has 0 aromatic carbocycles. The van der Waals surface area contributed by atoms with Crippen LogP contribution in [0.4, 0.5) is 0 Å². The van der Waals surface area contributed by atoms with Crippen LogP contribution in [-0.4, -0.2) is 27.6 Å². The zero-order valence-electron chi connectivity index (χ0n) is 11.1. The molecule has 0 aliphatic heterocycles. The molecule has 0 fully saturated rings. The van der Waals surface area contributed by atoms with Crippen LogP contribution >= 0.6 is 15.9 Å². The SMILES string of the molecule is COC(C)(C)CC(O)c1c(Br)cnn1C(C)C. The van der Waals surface area contributed by atoms with Gasteiger partial charge in [-0.05, 0) is 43.6 Å². The van der Waals surface area contributed by atoms with Crippen LogP contribution in [0.1, 0.15) is 52.0 Å².